The van der Waals surface area contributed by atoms with E-state index in [-0.39, 0.29) is 5.56 Å². The Kier molecular flexibility index (Phi) is 6.07. The number of fused-ring (bicyclic) bond motifs is 1. The zero-order valence-corrected chi connectivity index (χ0v) is 18.0. The number of rotatable bonds is 6. The van der Waals surface area contributed by atoms with Crippen LogP contribution in [0.15, 0.2) is 71.8 Å². The Morgan fingerprint density at radius 2 is 1.80 bits per heavy atom. The zero-order valence-electron chi connectivity index (χ0n) is 16.4. The lowest BCUT2D eigenvalue weighted by Crippen LogP contribution is -2.19. The van der Waals surface area contributed by atoms with Gasteiger partial charge in [0.15, 0.2) is 0 Å². The topological polar surface area (TPSA) is 44.1 Å². The van der Waals surface area contributed by atoms with Crippen molar-refractivity contribution in [3.05, 3.63) is 93.1 Å². The SMILES string of the molecule is CCCn1ccc2cc(-c3ccc(OCc4ccc(Cl)nc4)cc3)cc(Cl)c2c1=O. The van der Waals surface area contributed by atoms with E-state index < -0.39 is 0 Å². The van der Waals surface area contributed by atoms with E-state index in [1.165, 1.54) is 0 Å². The average molecular weight is 439 g/mol. The summed E-state index contributed by atoms with van der Waals surface area (Å²) in [6.07, 6.45) is 4.42. The molecule has 0 N–H and O–H groups in total. The first kappa shape index (κ1) is 20.5. The average Bonchev–Trinajstić information content (AvgIpc) is 2.75. The van der Waals surface area contributed by atoms with Crippen LogP contribution in [0.25, 0.3) is 21.9 Å². The molecule has 0 saturated carbocycles. The van der Waals surface area contributed by atoms with Crippen LogP contribution >= 0.6 is 23.2 Å². The van der Waals surface area contributed by atoms with Crippen molar-refractivity contribution in [2.24, 2.45) is 0 Å². The van der Waals surface area contributed by atoms with Gasteiger partial charge in [0.05, 0.1) is 10.4 Å². The second-order valence-corrected chi connectivity index (χ2v) is 7.83. The second kappa shape index (κ2) is 8.90. The molecule has 152 valence electrons. The molecule has 0 saturated heterocycles. The minimum atomic E-state index is -0.0497. The van der Waals surface area contributed by atoms with E-state index in [9.17, 15) is 4.79 Å². The maximum absolute atomic E-state index is 12.7. The Morgan fingerprint density at radius 1 is 1.00 bits per heavy atom. The highest BCUT2D eigenvalue weighted by molar-refractivity contribution is 6.35. The monoisotopic (exact) mass is 438 g/mol. The van der Waals surface area contributed by atoms with Crippen LogP contribution in [0, 0.1) is 0 Å². The number of halogens is 2. The standard InChI is InChI=1S/C24H20Cl2N2O2/c1-2-10-28-11-9-18-12-19(13-21(25)23(18)24(28)29)17-4-6-20(7-5-17)30-15-16-3-8-22(26)27-14-16/h3-9,11-14H,2,10,15H2,1H3. The molecule has 2 aromatic carbocycles. The van der Waals surface area contributed by atoms with Crippen molar-refractivity contribution in [1.29, 1.82) is 0 Å². The van der Waals surface area contributed by atoms with Crippen LogP contribution < -0.4 is 10.3 Å². The van der Waals surface area contributed by atoms with Crippen molar-refractivity contribution in [1.82, 2.24) is 9.55 Å². The molecule has 2 aromatic heterocycles. The summed E-state index contributed by atoms with van der Waals surface area (Å²) >= 11 is 12.3. The molecule has 0 unspecified atom stereocenters. The molecule has 0 amide bonds. The number of benzene rings is 2. The molecule has 2 heterocycles. The van der Waals surface area contributed by atoms with Crippen molar-refractivity contribution in [3.63, 3.8) is 0 Å². The van der Waals surface area contributed by atoms with E-state index in [1.54, 1.807) is 16.8 Å². The minimum absolute atomic E-state index is 0.0497. The van der Waals surface area contributed by atoms with Crippen LogP contribution in [0.3, 0.4) is 0 Å². The van der Waals surface area contributed by atoms with Gasteiger partial charge in [-0.2, -0.15) is 0 Å². The fraction of sp³-hybridized carbons (Fsp3) is 0.167. The van der Waals surface area contributed by atoms with E-state index in [2.05, 4.69) is 4.98 Å². The molecule has 0 atom stereocenters. The predicted molar refractivity (Wildman–Crippen MR) is 123 cm³/mol. The summed E-state index contributed by atoms with van der Waals surface area (Å²) in [5, 5.41) is 2.33. The number of hydrogen-bond acceptors (Lipinski definition) is 3. The van der Waals surface area contributed by atoms with Crippen molar-refractivity contribution < 1.29 is 4.74 Å². The Balaban J connectivity index is 1.57. The zero-order chi connectivity index (χ0) is 21.1. The fourth-order valence-corrected chi connectivity index (χ4v) is 3.77. The summed E-state index contributed by atoms with van der Waals surface area (Å²) in [5.74, 6) is 0.753. The molecular weight excluding hydrogens is 419 g/mol. The van der Waals surface area contributed by atoms with Crippen molar-refractivity contribution in [2.45, 2.75) is 26.5 Å². The number of aryl methyl sites for hydroxylation is 1. The highest BCUT2D eigenvalue weighted by atomic mass is 35.5. The first-order chi connectivity index (χ1) is 14.5. The summed E-state index contributed by atoms with van der Waals surface area (Å²) in [4.78, 5) is 16.7. The third-order valence-corrected chi connectivity index (χ3v) is 5.40. The third kappa shape index (κ3) is 4.35. The molecule has 0 aliphatic heterocycles. The second-order valence-electron chi connectivity index (χ2n) is 7.04. The van der Waals surface area contributed by atoms with Gasteiger partial charge in [-0.05, 0) is 59.3 Å². The van der Waals surface area contributed by atoms with Gasteiger partial charge >= 0.3 is 0 Å². The number of aromatic nitrogens is 2. The summed E-state index contributed by atoms with van der Waals surface area (Å²) in [6, 6.07) is 17.2. The molecule has 0 aliphatic carbocycles. The molecule has 30 heavy (non-hydrogen) atoms. The fourth-order valence-electron chi connectivity index (χ4n) is 3.35. The molecule has 0 aliphatic rings. The Labute approximate surface area is 184 Å². The van der Waals surface area contributed by atoms with Gasteiger partial charge < -0.3 is 9.30 Å². The lowest BCUT2D eigenvalue weighted by atomic mass is 10.0. The van der Waals surface area contributed by atoms with E-state index in [1.807, 2.05) is 61.7 Å². The molecule has 4 nitrogen and oxygen atoms in total. The summed E-state index contributed by atoms with van der Waals surface area (Å²) in [5.41, 5.74) is 2.84. The van der Waals surface area contributed by atoms with E-state index in [0.29, 0.717) is 28.7 Å². The molecule has 0 spiro atoms. The highest BCUT2D eigenvalue weighted by Crippen LogP contribution is 2.30. The summed E-state index contributed by atoms with van der Waals surface area (Å²) in [6.45, 7) is 3.14. The number of hydrogen-bond donors (Lipinski definition) is 0. The first-order valence-electron chi connectivity index (χ1n) is 9.71. The molecule has 0 radical (unpaired) electrons. The molecule has 6 heteroatoms. The molecular formula is C24H20Cl2N2O2. The van der Waals surface area contributed by atoms with Gasteiger partial charge in [-0.3, -0.25) is 4.79 Å². The lowest BCUT2D eigenvalue weighted by Gasteiger charge is -2.10. The van der Waals surface area contributed by atoms with Crippen LogP contribution in [-0.2, 0) is 13.2 Å². The van der Waals surface area contributed by atoms with Gasteiger partial charge in [0.25, 0.3) is 5.56 Å². The van der Waals surface area contributed by atoms with Crippen LogP contribution in [-0.4, -0.2) is 9.55 Å². The van der Waals surface area contributed by atoms with E-state index in [4.69, 9.17) is 27.9 Å². The number of ether oxygens (including phenoxy) is 1. The van der Waals surface area contributed by atoms with Gasteiger partial charge in [-0.1, -0.05) is 48.3 Å². The highest BCUT2D eigenvalue weighted by Gasteiger charge is 2.10. The first-order valence-corrected chi connectivity index (χ1v) is 10.5. The summed E-state index contributed by atoms with van der Waals surface area (Å²) < 4.78 is 7.52. The van der Waals surface area contributed by atoms with Crippen molar-refractivity contribution in [3.8, 4) is 16.9 Å². The van der Waals surface area contributed by atoms with Crippen LogP contribution in [0.5, 0.6) is 5.75 Å². The van der Waals surface area contributed by atoms with E-state index in [0.717, 1.165) is 34.2 Å². The number of nitrogens with zero attached hydrogens (tertiary/aromatic N) is 2. The Bertz CT molecular complexity index is 1230. The maximum Gasteiger partial charge on any atom is 0.259 e. The van der Waals surface area contributed by atoms with Gasteiger partial charge in [0.1, 0.15) is 17.5 Å². The smallest absolute Gasteiger partial charge is 0.259 e. The molecule has 0 fully saturated rings. The number of pyridine rings is 2. The van der Waals surface area contributed by atoms with Gasteiger partial charge in [0.2, 0.25) is 0 Å². The Hall–Kier alpha value is -2.82. The van der Waals surface area contributed by atoms with Crippen LogP contribution in [0.1, 0.15) is 18.9 Å². The molecule has 4 rings (SSSR count). The van der Waals surface area contributed by atoms with Crippen LogP contribution in [0.4, 0.5) is 0 Å². The summed E-state index contributed by atoms with van der Waals surface area (Å²) in [7, 11) is 0. The van der Waals surface area contributed by atoms with Crippen molar-refractivity contribution >= 4 is 34.0 Å². The van der Waals surface area contributed by atoms with Gasteiger partial charge in [0, 0.05) is 24.5 Å². The molecule has 0 bridgehead atoms. The van der Waals surface area contributed by atoms with Gasteiger partial charge in [-0.15, -0.1) is 0 Å². The van der Waals surface area contributed by atoms with E-state index >= 15 is 0 Å². The lowest BCUT2D eigenvalue weighted by molar-refractivity contribution is 0.306. The predicted octanol–water partition coefficient (Wildman–Crippen LogP) is 6.36. The van der Waals surface area contributed by atoms with Crippen LogP contribution in [0.2, 0.25) is 10.2 Å². The van der Waals surface area contributed by atoms with Gasteiger partial charge in [-0.25, -0.2) is 4.98 Å². The molecule has 4 aromatic rings. The third-order valence-electron chi connectivity index (χ3n) is 4.88. The van der Waals surface area contributed by atoms with Crippen molar-refractivity contribution in [2.75, 3.05) is 0 Å². The quantitative estimate of drug-likeness (QED) is 0.329. The minimum Gasteiger partial charge on any atom is -0.489 e. The maximum atomic E-state index is 12.7. The largest absolute Gasteiger partial charge is 0.489 e. The Morgan fingerprint density at radius 3 is 2.50 bits per heavy atom. The normalized spacial score (nSPS) is 11.0.